The van der Waals surface area contributed by atoms with Gasteiger partial charge in [-0.05, 0) is 48.9 Å². The van der Waals surface area contributed by atoms with Crippen LogP contribution in [-0.2, 0) is 17.8 Å². The molecule has 36 heavy (non-hydrogen) atoms. The van der Waals surface area contributed by atoms with Gasteiger partial charge in [0, 0.05) is 39.6 Å². The number of carbonyl (C=O) groups excluding carboxylic acids is 1. The Morgan fingerprint density at radius 3 is 2.75 bits per heavy atom. The molecular formula is C25H23Cl2N5O2S2. The molecule has 0 saturated heterocycles. The van der Waals surface area contributed by atoms with E-state index in [9.17, 15) is 4.79 Å². The molecule has 0 saturated carbocycles. The van der Waals surface area contributed by atoms with E-state index >= 15 is 0 Å². The number of hydrogen-bond donors (Lipinski definition) is 1. The largest absolute Gasteiger partial charge is 0.494 e. The van der Waals surface area contributed by atoms with Crippen molar-refractivity contribution >= 4 is 57.3 Å². The van der Waals surface area contributed by atoms with Crippen molar-refractivity contribution in [1.82, 2.24) is 19.7 Å². The maximum Gasteiger partial charge on any atom is 0.236 e. The van der Waals surface area contributed by atoms with Gasteiger partial charge in [-0.2, -0.15) is 0 Å². The summed E-state index contributed by atoms with van der Waals surface area (Å²) in [6.07, 6.45) is 4.12. The third-order valence-corrected chi connectivity index (χ3v) is 7.43. The minimum Gasteiger partial charge on any atom is -0.494 e. The van der Waals surface area contributed by atoms with Gasteiger partial charge in [0.25, 0.3) is 0 Å². The zero-order valence-corrected chi connectivity index (χ0v) is 22.6. The number of allylic oxidation sites excluding steroid dienone is 1. The number of aromatic nitrogens is 4. The van der Waals surface area contributed by atoms with Gasteiger partial charge in [-0.1, -0.05) is 47.1 Å². The molecule has 0 spiro atoms. The molecule has 0 aliphatic carbocycles. The summed E-state index contributed by atoms with van der Waals surface area (Å²) in [5.41, 5.74) is 1.85. The zero-order valence-electron chi connectivity index (χ0n) is 19.4. The lowest BCUT2D eigenvalue weighted by molar-refractivity contribution is -0.113. The summed E-state index contributed by atoms with van der Waals surface area (Å²) in [6, 6.07) is 13.1. The van der Waals surface area contributed by atoms with Crippen LogP contribution in [0, 0.1) is 0 Å². The van der Waals surface area contributed by atoms with Crippen LogP contribution < -0.4 is 10.1 Å². The first-order valence-corrected chi connectivity index (χ1v) is 13.6. The summed E-state index contributed by atoms with van der Waals surface area (Å²) in [5, 5.41) is 13.8. The number of ether oxygens (including phenoxy) is 1. The Bertz CT molecular complexity index is 1350. The Morgan fingerprint density at radius 2 is 2.03 bits per heavy atom. The minimum atomic E-state index is -0.179. The van der Waals surface area contributed by atoms with Crippen molar-refractivity contribution in [3.63, 3.8) is 0 Å². The zero-order chi connectivity index (χ0) is 25.5. The van der Waals surface area contributed by atoms with Crippen LogP contribution in [0.3, 0.4) is 0 Å². The average Bonchev–Trinajstić information content (AvgIpc) is 3.47. The van der Waals surface area contributed by atoms with Gasteiger partial charge in [0.15, 0.2) is 16.1 Å². The molecule has 0 atom stereocenters. The van der Waals surface area contributed by atoms with E-state index < -0.39 is 0 Å². The van der Waals surface area contributed by atoms with E-state index in [1.165, 1.54) is 23.1 Å². The number of carbonyl (C=O) groups is 1. The molecule has 2 heterocycles. The van der Waals surface area contributed by atoms with E-state index in [-0.39, 0.29) is 11.7 Å². The fraction of sp³-hybridized carbons (Fsp3) is 0.200. The molecule has 2 aromatic carbocycles. The quantitative estimate of drug-likeness (QED) is 0.164. The van der Waals surface area contributed by atoms with Crippen molar-refractivity contribution in [2.75, 3.05) is 17.7 Å². The van der Waals surface area contributed by atoms with Crippen LogP contribution in [0.4, 0.5) is 5.13 Å². The number of rotatable bonds is 11. The van der Waals surface area contributed by atoms with Crippen molar-refractivity contribution in [2.24, 2.45) is 0 Å². The molecule has 0 aliphatic heterocycles. The molecule has 0 aliphatic rings. The predicted octanol–water partition coefficient (Wildman–Crippen LogP) is 6.61. The topological polar surface area (TPSA) is 81.9 Å². The molecule has 2 aromatic heterocycles. The van der Waals surface area contributed by atoms with Crippen LogP contribution in [0.25, 0.3) is 11.4 Å². The number of hydrogen-bond acceptors (Lipinski definition) is 7. The lowest BCUT2D eigenvalue weighted by Crippen LogP contribution is -2.14. The third kappa shape index (κ3) is 6.67. The Morgan fingerprint density at radius 1 is 1.22 bits per heavy atom. The van der Waals surface area contributed by atoms with Crippen molar-refractivity contribution in [3.05, 3.63) is 81.8 Å². The number of thioether (sulfide) groups is 1. The number of amides is 1. The lowest BCUT2D eigenvalue weighted by atomic mass is 10.1. The summed E-state index contributed by atoms with van der Waals surface area (Å²) >= 11 is 14.9. The van der Waals surface area contributed by atoms with Gasteiger partial charge in [-0.25, -0.2) is 4.98 Å². The summed E-state index contributed by atoms with van der Waals surface area (Å²) in [5.74, 6) is 1.48. The number of anilines is 1. The van der Waals surface area contributed by atoms with Crippen LogP contribution in [0.15, 0.2) is 66.5 Å². The van der Waals surface area contributed by atoms with Gasteiger partial charge in [0.2, 0.25) is 5.91 Å². The second-order valence-electron chi connectivity index (χ2n) is 7.54. The van der Waals surface area contributed by atoms with Crippen molar-refractivity contribution in [1.29, 1.82) is 0 Å². The minimum absolute atomic E-state index is 0.163. The molecule has 0 unspecified atom stereocenters. The Hall–Kier alpha value is -2.85. The second-order valence-corrected chi connectivity index (χ2v) is 10.4. The maximum atomic E-state index is 12.6. The molecule has 1 amide bonds. The fourth-order valence-corrected chi connectivity index (χ4v) is 5.43. The Kier molecular flexibility index (Phi) is 9.03. The lowest BCUT2D eigenvalue weighted by Gasteiger charge is -2.08. The van der Waals surface area contributed by atoms with E-state index in [1.54, 1.807) is 24.4 Å². The Labute approximate surface area is 227 Å². The first kappa shape index (κ1) is 26.2. The Balaban J connectivity index is 1.37. The highest BCUT2D eigenvalue weighted by Gasteiger charge is 2.16. The van der Waals surface area contributed by atoms with Gasteiger partial charge in [0.05, 0.1) is 12.4 Å². The highest BCUT2D eigenvalue weighted by atomic mass is 35.5. The van der Waals surface area contributed by atoms with Gasteiger partial charge in [-0.3, -0.25) is 9.36 Å². The van der Waals surface area contributed by atoms with Crippen LogP contribution in [0.2, 0.25) is 10.0 Å². The highest BCUT2D eigenvalue weighted by molar-refractivity contribution is 7.99. The van der Waals surface area contributed by atoms with Crippen molar-refractivity contribution in [2.45, 2.75) is 25.0 Å². The molecule has 0 bridgehead atoms. The predicted molar refractivity (Wildman–Crippen MR) is 148 cm³/mol. The van der Waals surface area contributed by atoms with Gasteiger partial charge < -0.3 is 10.1 Å². The highest BCUT2D eigenvalue weighted by Crippen LogP contribution is 2.28. The average molecular weight is 561 g/mol. The molecule has 4 rings (SSSR count). The first-order valence-electron chi connectivity index (χ1n) is 11.1. The second kappa shape index (κ2) is 12.4. The standard InChI is InChI=1S/C25H23Cl2N5O2S2/c1-3-11-32-23(16-6-9-19(10-7-16)34-4-2)30-31-25(32)35-15-22(33)29-24-28-14-20(36-24)12-17-5-8-18(26)13-21(17)27/h3,5-10,13-14H,1,4,11-12,15H2,2H3,(H,28,29,33). The fourth-order valence-electron chi connectivity index (χ4n) is 3.35. The third-order valence-electron chi connectivity index (χ3n) is 4.96. The van der Waals surface area contributed by atoms with E-state index in [0.29, 0.717) is 45.7 Å². The van der Waals surface area contributed by atoms with Crippen LogP contribution in [0.1, 0.15) is 17.4 Å². The monoisotopic (exact) mass is 559 g/mol. The van der Waals surface area contributed by atoms with Crippen molar-refractivity contribution in [3.8, 4) is 17.1 Å². The number of halogens is 2. The molecule has 1 N–H and O–H groups in total. The number of thiazole rings is 1. The maximum absolute atomic E-state index is 12.6. The SMILES string of the molecule is C=CCn1c(SCC(=O)Nc2ncc(Cc3ccc(Cl)cc3Cl)s2)nnc1-c1ccc(OCC)cc1. The summed E-state index contributed by atoms with van der Waals surface area (Å²) in [6.45, 7) is 6.90. The first-order chi connectivity index (χ1) is 17.5. The van der Waals surface area contributed by atoms with E-state index in [1.807, 2.05) is 41.8 Å². The molecule has 186 valence electrons. The van der Waals surface area contributed by atoms with Gasteiger partial charge >= 0.3 is 0 Å². The molecule has 0 radical (unpaired) electrons. The van der Waals surface area contributed by atoms with Gasteiger partial charge in [0.1, 0.15) is 5.75 Å². The molecule has 7 nitrogen and oxygen atoms in total. The summed E-state index contributed by atoms with van der Waals surface area (Å²) in [4.78, 5) is 17.9. The van der Waals surface area contributed by atoms with Crippen LogP contribution in [-0.4, -0.2) is 38.0 Å². The molecule has 0 fully saturated rings. The van der Waals surface area contributed by atoms with Crippen LogP contribution >= 0.6 is 46.3 Å². The van der Waals surface area contributed by atoms with Crippen LogP contribution in [0.5, 0.6) is 5.75 Å². The van der Waals surface area contributed by atoms with E-state index in [0.717, 1.165) is 21.8 Å². The van der Waals surface area contributed by atoms with E-state index in [4.69, 9.17) is 27.9 Å². The molecule has 4 aromatic rings. The molecular weight excluding hydrogens is 537 g/mol. The van der Waals surface area contributed by atoms with Crippen molar-refractivity contribution < 1.29 is 9.53 Å². The summed E-state index contributed by atoms with van der Waals surface area (Å²) in [7, 11) is 0. The number of nitrogens with zero attached hydrogens (tertiary/aromatic N) is 4. The van der Waals surface area contributed by atoms with Gasteiger partial charge in [-0.15, -0.1) is 28.1 Å². The molecule has 11 heteroatoms. The normalized spacial score (nSPS) is 10.9. The van der Waals surface area contributed by atoms with E-state index in [2.05, 4.69) is 27.1 Å². The smallest absolute Gasteiger partial charge is 0.236 e. The summed E-state index contributed by atoms with van der Waals surface area (Å²) < 4.78 is 7.44. The number of benzene rings is 2. The number of nitrogens with one attached hydrogen (secondary N) is 1.